The van der Waals surface area contributed by atoms with Crippen LogP contribution < -0.4 is 20.1 Å². The topological polar surface area (TPSA) is 68.0 Å². The monoisotopic (exact) mass is 266 g/mol. The van der Waals surface area contributed by atoms with Gasteiger partial charge in [-0.1, -0.05) is 0 Å². The van der Waals surface area contributed by atoms with E-state index < -0.39 is 6.04 Å². The molecular formula is C14H22N2O3. The molecule has 0 aromatic heterocycles. The molecule has 0 radical (unpaired) electrons. The van der Waals surface area contributed by atoms with E-state index in [0.717, 1.165) is 30.1 Å². The zero-order valence-corrected chi connectivity index (χ0v) is 11.6. The number of ether oxygens (including phenoxy) is 2. The summed E-state index contributed by atoms with van der Waals surface area (Å²) in [6.45, 7) is 1.94. The van der Waals surface area contributed by atoms with Crippen molar-refractivity contribution < 1.29 is 14.6 Å². The molecule has 0 spiro atoms. The van der Waals surface area contributed by atoms with E-state index in [-0.39, 0.29) is 6.61 Å². The van der Waals surface area contributed by atoms with Crippen LogP contribution in [0.4, 0.5) is 5.69 Å². The number of anilines is 1. The summed E-state index contributed by atoms with van der Waals surface area (Å²) in [7, 11) is 3.26. The minimum atomic E-state index is -0.462. The predicted octanol–water partition coefficient (Wildman–Crippen LogP) is 1.30. The van der Waals surface area contributed by atoms with Gasteiger partial charge in [-0.05, 0) is 18.9 Å². The zero-order valence-electron chi connectivity index (χ0n) is 11.6. The molecule has 5 heteroatoms. The van der Waals surface area contributed by atoms with E-state index in [9.17, 15) is 5.11 Å². The van der Waals surface area contributed by atoms with Crippen molar-refractivity contribution in [2.45, 2.75) is 18.9 Å². The molecule has 19 heavy (non-hydrogen) atoms. The number of aliphatic hydroxyl groups excluding tert-OH is 1. The largest absolute Gasteiger partial charge is 0.496 e. The van der Waals surface area contributed by atoms with Crippen molar-refractivity contribution in [3.63, 3.8) is 0 Å². The van der Waals surface area contributed by atoms with Crippen LogP contribution in [0.5, 0.6) is 11.5 Å². The second-order valence-electron chi connectivity index (χ2n) is 4.75. The summed E-state index contributed by atoms with van der Waals surface area (Å²) in [5, 5.41) is 9.22. The van der Waals surface area contributed by atoms with Gasteiger partial charge in [0.05, 0.1) is 32.6 Å². The molecule has 0 saturated carbocycles. The van der Waals surface area contributed by atoms with Crippen molar-refractivity contribution in [2.24, 2.45) is 5.73 Å². The summed E-state index contributed by atoms with van der Waals surface area (Å²) in [6.07, 6.45) is 2.40. The number of aliphatic hydroxyl groups is 1. The van der Waals surface area contributed by atoms with Crippen LogP contribution in [0.25, 0.3) is 0 Å². The van der Waals surface area contributed by atoms with E-state index in [0.29, 0.717) is 5.75 Å². The molecule has 3 N–H and O–H groups in total. The number of hydrogen-bond donors (Lipinski definition) is 2. The lowest BCUT2D eigenvalue weighted by molar-refractivity contribution is 0.264. The van der Waals surface area contributed by atoms with Crippen LogP contribution in [-0.4, -0.2) is 39.0 Å². The maximum Gasteiger partial charge on any atom is 0.142 e. The number of methoxy groups -OCH3 is 2. The van der Waals surface area contributed by atoms with Gasteiger partial charge in [-0.3, -0.25) is 0 Å². The Hall–Kier alpha value is -1.46. The van der Waals surface area contributed by atoms with Gasteiger partial charge in [0.1, 0.15) is 11.5 Å². The van der Waals surface area contributed by atoms with Crippen molar-refractivity contribution in [3.05, 3.63) is 17.7 Å². The SMILES string of the molecule is COc1cc(N2CCCC2)c(OC)cc1[C@H](N)CO. The highest BCUT2D eigenvalue weighted by molar-refractivity contribution is 5.65. The lowest BCUT2D eigenvalue weighted by Crippen LogP contribution is -2.20. The number of rotatable bonds is 5. The molecule has 1 fully saturated rings. The molecule has 0 aliphatic carbocycles. The van der Waals surface area contributed by atoms with E-state index in [1.165, 1.54) is 12.8 Å². The number of hydrogen-bond acceptors (Lipinski definition) is 5. The summed E-state index contributed by atoms with van der Waals surface area (Å²) >= 11 is 0. The summed E-state index contributed by atoms with van der Waals surface area (Å²) in [4.78, 5) is 2.29. The Balaban J connectivity index is 2.43. The van der Waals surface area contributed by atoms with Gasteiger partial charge in [-0.15, -0.1) is 0 Å². The molecule has 1 aromatic rings. The molecule has 1 saturated heterocycles. The number of benzene rings is 1. The maximum absolute atomic E-state index is 9.22. The van der Waals surface area contributed by atoms with Crippen LogP contribution in [-0.2, 0) is 0 Å². The summed E-state index contributed by atoms with van der Waals surface area (Å²) < 4.78 is 10.9. The zero-order chi connectivity index (χ0) is 13.8. The summed E-state index contributed by atoms with van der Waals surface area (Å²) in [5.41, 5.74) is 7.70. The highest BCUT2D eigenvalue weighted by Gasteiger charge is 2.21. The van der Waals surface area contributed by atoms with Gasteiger partial charge in [0.15, 0.2) is 0 Å². The standard InChI is InChI=1S/C14H22N2O3/c1-18-13-8-12(16-5-3-4-6-16)14(19-2)7-10(13)11(15)9-17/h7-8,11,17H,3-6,9,15H2,1-2H3/t11-/m1/s1. The minimum Gasteiger partial charge on any atom is -0.496 e. The van der Waals surface area contributed by atoms with Gasteiger partial charge in [-0.2, -0.15) is 0 Å². The Morgan fingerprint density at radius 1 is 1.21 bits per heavy atom. The van der Waals surface area contributed by atoms with Crippen molar-refractivity contribution in [1.29, 1.82) is 0 Å². The van der Waals surface area contributed by atoms with E-state index in [2.05, 4.69) is 4.90 Å². The van der Waals surface area contributed by atoms with Crippen molar-refractivity contribution >= 4 is 5.69 Å². The third-order valence-corrected chi connectivity index (χ3v) is 3.57. The van der Waals surface area contributed by atoms with Gasteiger partial charge in [-0.25, -0.2) is 0 Å². The van der Waals surface area contributed by atoms with Crippen molar-refractivity contribution in [3.8, 4) is 11.5 Å². The van der Waals surface area contributed by atoms with E-state index in [4.69, 9.17) is 15.2 Å². The molecule has 1 aliphatic heterocycles. The van der Waals surface area contributed by atoms with Gasteiger partial charge in [0.25, 0.3) is 0 Å². The smallest absolute Gasteiger partial charge is 0.142 e. The van der Waals surface area contributed by atoms with Crippen molar-refractivity contribution in [1.82, 2.24) is 0 Å². The van der Waals surface area contributed by atoms with Crippen LogP contribution in [0.3, 0.4) is 0 Å². The number of nitrogens with zero attached hydrogens (tertiary/aromatic N) is 1. The summed E-state index contributed by atoms with van der Waals surface area (Å²) in [6, 6.07) is 3.36. The molecule has 0 unspecified atom stereocenters. The van der Waals surface area contributed by atoms with E-state index in [1.54, 1.807) is 14.2 Å². The molecule has 0 bridgehead atoms. The van der Waals surface area contributed by atoms with Crippen LogP contribution in [0.1, 0.15) is 24.4 Å². The molecule has 1 heterocycles. The first kappa shape index (κ1) is 14.0. The maximum atomic E-state index is 9.22. The fraction of sp³-hybridized carbons (Fsp3) is 0.571. The minimum absolute atomic E-state index is 0.122. The van der Waals surface area contributed by atoms with Crippen LogP contribution >= 0.6 is 0 Å². The second kappa shape index (κ2) is 6.12. The number of nitrogens with two attached hydrogens (primary N) is 1. The average Bonchev–Trinajstić information content (AvgIpc) is 2.98. The fourth-order valence-corrected chi connectivity index (χ4v) is 2.50. The fourth-order valence-electron chi connectivity index (χ4n) is 2.50. The summed E-state index contributed by atoms with van der Waals surface area (Å²) in [5.74, 6) is 1.48. The third-order valence-electron chi connectivity index (χ3n) is 3.57. The normalized spacial score (nSPS) is 16.5. The third kappa shape index (κ3) is 2.77. The van der Waals surface area contributed by atoms with Crippen LogP contribution in [0.2, 0.25) is 0 Å². The molecule has 5 nitrogen and oxygen atoms in total. The first-order valence-electron chi connectivity index (χ1n) is 6.58. The Bertz CT molecular complexity index is 431. The molecule has 1 aromatic carbocycles. The van der Waals surface area contributed by atoms with Crippen LogP contribution in [0.15, 0.2) is 12.1 Å². The predicted molar refractivity (Wildman–Crippen MR) is 75.0 cm³/mol. The van der Waals surface area contributed by atoms with Gasteiger partial charge >= 0.3 is 0 Å². The lowest BCUT2D eigenvalue weighted by atomic mass is 10.1. The molecule has 1 aliphatic rings. The highest BCUT2D eigenvalue weighted by Crippen LogP contribution is 2.38. The molecule has 106 valence electrons. The average molecular weight is 266 g/mol. The van der Waals surface area contributed by atoms with E-state index in [1.807, 2.05) is 12.1 Å². The van der Waals surface area contributed by atoms with E-state index >= 15 is 0 Å². The molecule has 1 atom stereocenters. The van der Waals surface area contributed by atoms with Gasteiger partial charge < -0.3 is 25.2 Å². The first-order valence-corrected chi connectivity index (χ1v) is 6.58. The van der Waals surface area contributed by atoms with Gasteiger partial charge in [0, 0.05) is 24.7 Å². The highest BCUT2D eigenvalue weighted by atomic mass is 16.5. The lowest BCUT2D eigenvalue weighted by Gasteiger charge is -2.24. The molecule has 2 rings (SSSR count). The Morgan fingerprint density at radius 3 is 2.37 bits per heavy atom. The van der Waals surface area contributed by atoms with Gasteiger partial charge in [0.2, 0.25) is 0 Å². The second-order valence-corrected chi connectivity index (χ2v) is 4.75. The molecular weight excluding hydrogens is 244 g/mol. The Kier molecular flexibility index (Phi) is 4.50. The Labute approximate surface area is 113 Å². The molecule has 0 amide bonds. The Morgan fingerprint density at radius 2 is 1.84 bits per heavy atom. The van der Waals surface area contributed by atoms with Crippen LogP contribution in [0, 0.1) is 0 Å². The first-order chi connectivity index (χ1) is 9.21. The van der Waals surface area contributed by atoms with Crippen molar-refractivity contribution in [2.75, 3.05) is 38.8 Å². The quantitative estimate of drug-likeness (QED) is 0.840.